The average Bonchev–Trinajstić information content (AvgIpc) is 2.98. The van der Waals surface area contributed by atoms with Gasteiger partial charge in [0.05, 0.1) is 0 Å². The average molecular weight is 276 g/mol. The highest BCUT2D eigenvalue weighted by Gasteiger charge is 2.12. The Morgan fingerprint density at radius 2 is 1.57 bits per heavy atom. The fourth-order valence-corrected chi connectivity index (χ4v) is 2.58. The normalized spacial score (nSPS) is 10.7. The minimum Gasteiger partial charge on any atom is -0.297 e. The molecule has 0 radical (unpaired) electrons. The van der Waals surface area contributed by atoms with Crippen LogP contribution in [0.5, 0.6) is 0 Å². The maximum absolute atomic E-state index is 4.68. The number of aromatic nitrogens is 2. The Morgan fingerprint density at radius 1 is 0.905 bits per heavy atom. The third-order valence-electron chi connectivity index (χ3n) is 3.67. The van der Waals surface area contributed by atoms with Crippen molar-refractivity contribution in [2.75, 3.05) is 0 Å². The highest BCUT2D eigenvalue weighted by molar-refractivity contribution is 5.59. The molecule has 1 heterocycles. The van der Waals surface area contributed by atoms with Gasteiger partial charge in [-0.2, -0.15) is 0 Å². The van der Waals surface area contributed by atoms with Crippen LogP contribution in [0.3, 0.4) is 0 Å². The van der Waals surface area contributed by atoms with Crippen LogP contribution in [0, 0.1) is 0 Å². The summed E-state index contributed by atoms with van der Waals surface area (Å²) in [5.41, 5.74) is 3.62. The van der Waals surface area contributed by atoms with Crippen molar-refractivity contribution in [2.45, 2.75) is 26.2 Å². The van der Waals surface area contributed by atoms with Crippen molar-refractivity contribution < 1.29 is 0 Å². The molecular weight excluding hydrogens is 256 g/mol. The maximum atomic E-state index is 4.68. The van der Waals surface area contributed by atoms with Crippen LogP contribution in [-0.4, -0.2) is 9.55 Å². The van der Waals surface area contributed by atoms with Gasteiger partial charge in [0.2, 0.25) is 0 Å². The van der Waals surface area contributed by atoms with Gasteiger partial charge in [-0.05, 0) is 25.0 Å². The maximum Gasteiger partial charge on any atom is 0.144 e. The molecule has 2 aromatic carbocycles. The van der Waals surface area contributed by atoms with Crippen LogP contribution < -0.4 is 0 Å². The molecule has 21 heavy (non-hydrogen) atoms. The van der Waals surface area contributed by atoms with E-state index in [2.05, 4.69) is 65.0 Å². The van der Waals surface area contributed by atoms with Crippen LogP contribution in [0.15, 0.2) is 66.9 Å². The second-order valence-electron chi connectivity index (χ2n) is 5.21. The summed E-state index contributed by atoms with van der Waals surface area (Å²) in [6.07, 6.45) is 5.46. The molecule has 1 aromatic heterocycles. The van der Waals surface area contributed by atoms with Crippen LogP contribution in [0.25, 0.3) is 17.1 Å². The molecule has 3 rings (SSSR count). The summed E-state index contributed by atoms with van der Waals surface area (Å²) in [6, 6.07) is 20.9. The van der Waals surface area contributed by atoms with Crippen LogP contribution in [-0.2, 0) is 6.42 Å². The Balaban J connectivity index is 2.11. The molecule has 0 unspecified atom stereocenters. The van der Waals surface area contributed by atoms with Gasteiger partial charge in [0.25, 0.3) is 0 Å². The lowest BCUT2D eigenvalue weighted by Crippen LogP contribution is -2.02. The molecule has 0 N–H and O–H groups in total. The summed E-state index contributed by atoms with van der Waals surface area (Å²) in [7, 11) is 0. The lowest BCUT2D eigenvalue weighted by Gasteiger charge is -2.12. The zero-order chi connectivity index (χ0) is 14.5. The molecule has 106 valence electrons. The summed E-state index contributed by atoms with van der Waals surface area (Å²) in [4.78, 5) is 4.68. The van der Waals surface area contributed by atoms with E-state index in [0.29, 0.717) is 0 Å². The van der Waals surface area contributed by atoms with Crippen LogP contribution >= 0.6 is 0 Å². The lowest BCUT2D eigenvalue weighted by atomic mass is 10.2. The topological polar surface area (TPSA) is 17.8 Å². The SMILES string of the molecule is CCCCc1cnc(-c2ccccc2)n1-c1ccccc1. The highest BCUT2D eigenvalue weighted by Crippen LogP contribution is 2.24. The standard InChI is InChI=1S/C19H20N2/c1-2-3-12-18-15-20-19(16-10-6-4-7-11-16)21(18)17-13-8-5-9-14-17/h4-11,13-15H,2-3,12H2,1H3. The number of imidazole rings is 1. The number of unbranched alkanes of at least 4 members (excludes halogenated alkanes) is 1. The molecule has 0 aliphatic rings. The third kappa shape index (κ3) is 2.89. The molecule has 0 saturated heterocycles. The molecule has 3 aromatic rings. The molecule has 0 aliphatic carbocycles. The van der Waals surface area contributed by atoms with Gasteiger partial charge in [-0.15, -0.1) is 0 Å². The molecule has 2 heteroatoms. The van der Waals surface area contributed by atoms with Gasteiger partial charge in [0, 0.05) is 23.1 Å². The number of hydrogen-bond acceptors (Lipinski definition) is 1. The first-order valence-electron chi connectivity index (χ1n) is 7.57. The zero-order valence-electron chi connectivity index (χ0n) is 12.4. The third-order valence-corrected chi connectivity index (χ3v) is 3.67. The molecule has 2 nitrogen and oxygen atoms in total. The summed E-state index contributed by atoms with van der Waals surface area (Å²) in [5.74, 6) is 1.02. The van der Waals surface area contributed by atoms with Gasteiger partial charge in [0.1, 0.15) is 5.82 Å². The van der Waals surface area contributed by atoms with Crippen molar-refractivity contribution in [1.29, 1.82) is 0 Å². The van der Waals surface area contributed by atoms with Crippen molar-refractivity contribution in [3.63, 3.8) is 0 Å². The summed E-state index contributed by atoms with van der Waals surface area (Å²) in [5, 5.41) is 0. The fraction of sp³-hybridized carbons (Fsp3) is 0.211. The van der Waals surface area contributed by atoms with E-state index < -0.39 is 0 Å². The van der Waals surface area contributed by atoms with Gasteiger partial charge < -0.3 is 0 Å². The van der Waals surface area contributed by atoms with Crippen LogP contribution in [0.4, 0.5) is 0 Å². The van der Waals surface area contributed by atoms with Gasteiger partial charge in [-0.1, -0.05) is 61.9 Å². The Kier molecular flexibility index (Phi) is 4.15. The number of hydrogen-bond donors (Lipinski definition) is 0. The quantitative estimate of drug-likeness (QED) is 0.649. The molecule has 0 bridgehead atoms. The van der Waals surface area contributed by atoms with Gasteiger partial charge in [0.15, 0.2) is 0 Å². The fourth-order valence-electron chi connectivity index (χ4n) is 2.58. The highest BCUT2D eigenvalue weighted by atomic mass is 15.1. The van der Waals surface area contributed by atoms with E-state index in [1.165, 1.54) is 24.2 Å². The van der Waals surface area contributed by atoms with E-state index in [9.17, 15) is 0 Å². The van der Waals surface area contributed by atoms with Crippen molar-refractivity contribution >= 4 is 0 Å². The van der Waals surface area contributed by atoms with Gasteiger partial charge in [-0.25, -0.2) is 4.98 Å². The van der Waals surface area contributed by atoms with Crippen LogP contribution in [0.2, 0.25) is 0 Å². The predicted octanol–water partition coefficient (Wildman–Crippen LogP) is 4.88. The second kappa shape index (κ2) is 6.40. The van der Waals surface area contributed by atoms with Crippen molar-refractivity contribution in [3.8, 4) is 17.1 Å². The summed E-state index contributed by atoms with van der Waals surface area (Å²) < 4.78 is 2.28. The minimum atomic E-state index is 1.02. The summed E-state index contributed by atoms with van der Waals surface area (Å²) >= 11 is 0. The van der Waals surface area contributed by atoms with Gasteiger partial charge >= 0.3 is 0 Å². The Morgan fingerprint density at radius 3 is 2.24 bits per heavy atom. The lowest BCUT2D eigenvalue weighted by molar-refractivity contribution is 0.761. The first kappa shape index (κ1) is 13.6. The Labute approximate surface area is 126 Å². The minimum absolute atomic E-state index is 1.02. The van der Waals surface area contributed by atoms with E-state index in [1.54, 1.807) is 0 Å². The number of benzene rings is 2. The molecular formula is C19H20N2. The number of aryl methyl sites for hydroxylation is 1. The zero-order valence-corrected chi connectivity index (χ0v) is 12.4. The van der Waals surface area contributed by atoms with Crippen molar-refractivity contribution in [1.82, 2.24) is 9.55 Å². The van der Waals surface area contributed by atoms with E-state index >= 15 is 0 Å². The molecule has 0 spiro atoms. The smallest absolute Gasteiger partial charge is 0.144 e. The monoisotopic (exact) mass is 276 g/mol. The predicted molar refractivity (Wildman–Crippen MR) is 87.6 cm³/mol. The molecule has 0 amide bonds. The van der Waals surface area contributed by atoms with E-state index in [4.69, 9.17) is 0 Å². The molecule has 0 fully saturated rings. The Bertz CT molecular complexity index is 684. The summed E-state index contributed by atoms with van der Waals surface area (Å²) in [6.45, 7) is 2.22. The first-order valence-corrected chi connectivity index (χ1v) is 7.57. The first-order chi connectivity index (χ1) is 10.4. The Hall–Kier alpha value is -2.35. The number of rotatable bonds is 5. The van der Waals surface area contributed by atoms with E-state index in [0.717, 1.165) is 17.8 Å². The van der Waals surface area contributed by atoms with Crippen molar-refractivity contribution in [3.05, 3.63) is 72.6 Å². The van der Waals surface area contributed by atoms with E-state index in [-0.39, 0.29) is 0 Å². The van der Waals surface area contributed by atoms with E-state index in [1.807, 2.05) is 18.3 Å². The van der Waals surface area contributed by atoms with Crippen molar-refractivity contribution in [2.24, 2.45) is 0 Å². The molecule has 0 saturated carbocycles. The molecule has 0 aliphatic heterocycles. The molecule has 0 atom stereocenters. The largest absolute Gasteiger partial charge is 0.297 e. The number of para-hydroxylation sites is 1. The number of nitrogens with zero attached hydrogens (tertiary/aromatic N) is 2. The van der Waals surface area contributed by atoms with Crippen LogP contribution in [0.1, 0.15) is 25.5 Å². The second-order valence-corrected chi connectivity index (χ2v) is 5.21. The van der Waals surface area contributed by atoms with Gasteiger partial charge in [-0.3, -0.25) is 4.57 Å².